The van der Waals surface area contributed by atoms with Crippen LogP contribution in [0.15, 0.2) is 73.1 Å². The van der Waals surface area contributed by atoms with Gasteiger partial charge in [0.1, 0.15) is 29.5 Å². The van der Waals surface area contributed by atoms with Gasteiger partial charge in [-0.05, 0) is 49.2 Å². The number of hydrogen-bond donors (Lipinski definition) is 4. The average molecular weight is 473 g/mol. The van der Waals surface area contributed by atoms with Crippen LogP contribution < -0.4 is 15.8 Å². The molecular formula is C26H28N6O3. The third kappa shape index (κ3) is 5.64. The number of nitrogen functional groups attached to an aromatic ring is 1. The summed E-state index contributed by atoms with van der Waals surface area (Å²) in [5.41, 5.74) is 7.54. The van der Waals surface area contributed by atoms with Crippen molar-refractivity contribution in [2.75, 3.05) is 30.7 Å². The number of anilines is 2. The summed E-state index contributed by atoms with van der Waals surface area (Å²) in [6.07, 6.45) is 2.96. The van der Waals surface area contributed by atoms with Crippen LogP contribution in [0.3, 0.4) is 0 Å². The van der Waals surface area contributed by atoms with Gasteiger partial charge in [0, 0.05) is 30.3 Å². The first-order valence-corrected chi connectivity index (χ1v) is 11.3. The number of nitrogens with two attached hydrogens (primary N) is 1. The zero-order valence-corrected chi connectivity index (χ0v) is 19.3. The highest BCUT2D eigenvalue weighted by Crippen LogP contribution is 2.26. The van der Waals surface area contributed by atoms with Crippen LogP contribution >= 0.6 is 0 Å². The lowest BCUT2D eigenvalue weighted by Gasteiger charge is -2.34. The molecule has 2 aromatic carbocycles. The van der Waals surface area contributed by atoms with E-state index in [4.69, 9.17) is 15.9 Å². The molecule has 1 aliphatic heterocycles. The fourth-order valence-electron chi connectivity index (χ4n) is 3.98. The molecule has 3 aromatic rings. The quantitative estimate of drug-likeness (QED) is 0.292. The fourth-order valence-corrected chi connectivity index (χ4v) is 3.98. The van der Waals surface area contributed by atoms with Gasteiger partial charge in [0.25, 0.3) is 5.91 Å². The first kappa shape index (κ1) is 23.9. The van der Waals surface area contributed by atoms with Crippen LogP contribution in [0.1, 0.15) is 24.0 Å². The summed E-state index contributed by atoms with van der Waals surface area (Å²) in [7, 11) is 0. The molecule has 9 nitrogen and oxygen atoms in total. The largest absolute Gasteiger partial charge is 0.457 e. The van der Waals surface area contributed by atoms with Gasteiger partial charge in [-0.2, -0.15) is 0 Å². The van der Waals surface area contributed by atoms with Crippen LogP contribution in [-0.4, -0.2) is 57.3 Å². The second-order valence-electron chi connectivity index (χ2n) is 8.29. The molecule has 0 aliphatic carbocycles. The minimum absolute atomic E-state index is 0.0957. The van der Waals surface area contributed by atoms with Gasteiger partial charge < -0.3 is 25.8 Å². The minimum atomic E-state index is -0.369. The van der Waals surface area contributed by atoms with Gasteiger partial charge in [0.15, 0.2) is 0 Å². The number of amides is 1. The first-order chi connectivity index (χ1) is 17.0. The van der Waals surface area contributed by atoms with E-state index in [-0.39, 0.29) is 35.7 Å². The normalized spacial score (nSPS) is 15.3. The highest BCUT2D eigenvalue weighted by molar-refractivity contribution is 6.16. The standard InChI is InChI=1S/C26H28N6O3/c1-17(15-33)26(34)32-13-5-6-19(14-32)31-25-22(24(28)29-16-30-25)23(27)18-9-11-21(12-10-18)35-20-7-3-2-4-8-20/h2-4,7-12,16,19,27,33H,1,5-6,13-15H2,(H3,28,29,30,31)/t19-/m1/s1. The van der Waals surface area contributed by atoms with Gasteiger partial charge in [-0.1, -0.05) is 24.8 Å². The second-order valence-corrected chi connectivity index (χ2v) is 8.29. The van der Waals surface area contributed by atoms with E-state index in [1.54, 1.807) is 29.2 Å². The van der Waals surface area contributed by atoms with Gasteiger partial charge in [0.2, 0.25) is 0 Å². The van der Waals surface area contributed by atoms with Crippen LogP contribution in [0.4, 0.5) is 11.6 Å². The molecule has 1 amide bonds. The lowest BCUT2D eigenvalue weighted by Crippen LogP contribution is -2.46. The number of piperidine rings is 1. The minimum Gasteiger partial charge on any atom is -0.457 e. The van der Waals surface area contributed by atoms with Crippen LogP contribution in [-0.2, 0) is 4.79 Å². The van der Waals surface area contributed by atoms with Crippen molar-refractivity contribution in [1.29, 1.82) is 5.41 Å². The number of aliphatic hydroxyl groups is 1. The molecular weight excluding hydrogens is 444 g/mol. The molecule has 9 heteroatoms. The van der Waals surface area contributed by atoms with E-state index in [1.807, 2.05) is 30.3 Å². The number of carbonyl (C=O) groups is 1. The highest BCUT2D eigenvalue weighted by Gasteiger charge is 2.26. The van der Waals surface area contributed by atoms with E-state index < -0.39 is 0 Å². The molecule has 1 aromatic heterocycles. The summed E-state index contributed by atoms with van der Waals surface area (Å²) < 4.78 is 5.83. The molecule has 1 fully saturated rings. The summed E-state index contributed by atoms with van der Waals surface area (Å²) in [4.78, 5) is 22.5. The van der Waals surface area contributed by atoms with E-state index in [9.17, 15) is 9.90 Å². The lowest BCUT2D eigenvalue weighted by atomic mass is 10.0. The number of para-hydroxylation sites is 1. The molecule has 4 rings (SSSR count). The lowest BCUT2D eigenvalue weighted by molar-refractivity contribution is -0.128. The Kier molecular flexibility index (Phi) is 7.37. The fraction of sp³-hybridized carbons (Fsp3) is 0.231. The van der Waals surface area contributed by atoms with Crippen molar-refractivity contribution in [3.05, 3.63) is 84.2 Å². The summed E-state index contributed by atoms with van der Waals surface area (Å²) >= 11 is 0. The number of aromatic nitrogens is 2. The van der Waals surface area contributed by atoms with Crippen molar-refractivity contribution >= 4 is 23.3 Å². The maximum atomic E-state index is 12.4. The zero-order chi connectivity index (χ0) is 24.8. The molecule has 0 bridgehead atoms. The van der Waals surface area contributed by atoms with Crippen LogP contribution in [0.25, 0.3) is 0 Å². The predicted octanol–water partition coefficient (Wildman–Crippen LogP) is 3.22. The van der Waals surface area contributed by atoms with E-state index in [1.165, 1.54) is 6.33 Å². The van der Waals surface area contributed by atoms with Gasteiger partial charge >= 0.3 is 0 Å². The molecule has 1 saturated heterocycles. The number of nitrogens with zero attached hydrogens (tertiary/aromatic N) is 3. The Morgan fingerprint density at radius 2 is 1.89 bits per heavy atom. The molecule has 0 spiro atoms. The Bertz CT molecular complexity index is 1210. The number of rotatable bonds is 8. The first-order valence-electron chi connectivity index (χ1n) is 11.3. The van der Waals surface area contributed by atoms with E-state index in [0.29, 0.717) is 35.8 Å². The van der Waals surface area contributed by atoms with Gasteiger partial charge in [-0.3, -0.25) is 10.2 Å². The molecule has 5 N–H and O–H groups in total. The van der Waals surface area contributed by atoms with E-state index in [0.717, 1.165) is 18.6 Å². The molecule has 0 radical (unpaired) electrons. The van der Waals surface area contributed by atoms with Crippen molar-refractivity contribution in [3.8, 4) is 11.5 Å². The van der Waals surface area contributed by atoms with E-state index in [2.05, 4.69) is 21.9 Å². The van der Waals surface area contributed by atoms with Crippen molar-refractivity contribution in [1.82, 2.24) is 14.9 Å². The van der Waals surface area contributed by atoms with Gasteiger partial charge in [-0.15, -0.1) is 0 Å². The summed E-state index contributed by atoms with van der Waals surface area (Å²) in [6, 6.07) is 16.5. The maximum absolute atomic E-state index is 12.4. The summed E-state index contributed by atoms with van der Waals surface area (Å²) in [5.74, 6) is 1.75. The molecule has 2 heterocycles. The summed E-state index contributed by atoms with van der Waals surface area (Å²) in [5, 5.41) is 21.4. The van der Waals surface area contributed by atoms with Gasteiger partial charge in [0.05, 0.1) is 17.9 Å². The SMILES string of the molecule is C=C(CO)C(=O)N1CCC[C@@H](Nc2ncnc(N)c2C(=N)c2ccc(Oc3ccccc3)cc2)C1. The average Bonchev–Trinajstić information content (AvgIpc) is 2.89. The van der Waals surface area contributed by atoms with Crippen LogP contribution in [0.2, 0.25) is 0 Å². The number of carbonyl (C=O) groups excluding carboxylic acids is 1. The molecule has 1 aliphatic rings. The van der Waals surface area contributed by atoms with Crippen molar-refractivity contribution in [2.45, 2.75) is 18.9 Å². The number of benzene rings is 2. The number of ether oxygens (including phenoxy) is 1. The Labute approximate surface area is 203 Å². The number of aliphatic hydroxyl groups excluding tert-OH is 1. The molecule has 0 saturated carbocycles. The smallest absolute Gasteiger partial charge is 0.251 e. The van der Waals surface area contributed by atoms with Crippen molar-refractivity contribution in [3.63, 3.8) is 0 Å². The van der Waals surface area contributed by atoms with Crippen LogP contribution in [0.5, 0.6) is 11.5 Å². The zero-order valence-electron chi connectivity index (χ0n) is 19.3. The third-order valence-electron chi connectivity index (χ3n) is 5.79. The van der Waals surface area contributed by atoms with Crippen molar-refractivity contribution < 1.29 is 14.6 Å². The maximum Gasteiger partial charge on any atom is 0.251 e. The predicted molar refractivity (Wildman–Crippen MR) is 135 cm³/mol. The molecule has 35 heavy (non-hydrogen) atoms. The topological polar surface area (TPSA) is 137 Å². The molecule has 180 valence electrons. The van der Waals surface area contributed by atoms with E-state index >= 15 is 0 Å². The third-order valence-corrected chi connectivity index (χ3v) is 5.79. The number of nitrogens with one attached hydrogen (secondary N) is 2. The Balaban J connectivity index is 1.50. The molecule has 0 unspecified atom stereocenters. The summed E-state index contributed by atoms with van der Waals surface area (Å²) in [6.45, 7) is 4.29. The Morgan fingerprint density at radius 3 is 2.60 bits per heavy atom. The number of likely N-dealkylation sites (tertiary alicyclic amines) is 1. The molecule has 1 atom stereocenters. The monoisotopic (exact) mass is 472 g/mol. The Hall–Kier alpha value is -4.24. The Morgan fingerprint density at radius 1 is 1.17 bits per heavy atom. The van der Waals surface area contributed by atoms with Crippen molar-refractivity contribution in [2.24, 2.45) is 0 Å². The van der Waals surface area contributed by atoms with Crippen LogP contribution in [0, 0.1) is 5.41 Å². The second kappa shape index (κ2) is 10.8. The number of hydrogen-bond acceptors (Lipinski definition) is 8. The highest BCUT2D eigenvalue weighted by atomic mass is 16.5. The van der Waals surface area contributed by atoms with Gasteiger partial charge in [-0.25, -0.2) is 9.97 Å².